The fourth-order valence-corrected chi connectivity index (χ4v) is 13.4. The number of allylic oxidation sites excluding steroid dienone is 1. The summed E-state index contributed by atoms with van der Waals surface area (Å²) in [7, 11) is -1.48. The molecule has 6 aromatic carbocycles. The minimum atomic E-state index is -2.38. The van der Waals surface area contributed by atoms with Crippen molar-refractivity contribution in [1.29, 1.82) is 0 Å². The van der Waals surface area contributed by atoms with Gasteiger partial charge < -0.3 is 48.2 Å². The number of Topliss-reactive ketones (excluding diaryl/α,β-unsaturated/α-hetero) is 2. The molecule has 434 valence electrons. The van der Waals surface area contributed by atoms with Gasteiger partial charge in [-0.2, -0.15) is 0 Å². The first-order valence-corrected chi connectivity index (χ1v) is 33.7. The van der Waals surface area contributed by atoms with Crippen molar-refractivity contribution in [2.75, 3.05) is 14.2 Å². The summed E-state index contributed by atoms with van der Waals surface area (Å²) in [5, 5.41) is 47.0. The number of fused-ring (bicyclic) bond motifs is 4. The first-order chi connectivity index (χ1) is 38.0. The number of hydrogen-bond donors (Lipinski definition) is 4. The molecule has 13 nitrogen and oxygen atoms in total. The summed E-state index contributed by atoms with van der Waals surface area (Å²) in [6, 6.07) is 19.0. The van der Waals surface area contributed by atoms with Gasteiger partial charge in [-0.1, -0.05) is 90.1 Å². The number of benzene rings is 6. The minimum Gasteiger partial charge on any atom is -0.507 e. The number of aliphatic hydroxyl groups excluding tert-OH is 2. The zero-order chi connectivity index (χ0) is 59.8. The molecule has 6 aromatic rings. The lowest BCUT2D eigenvalue weighted by atomic mass is 9.79. The van der Waals surface area contributed by atoms with Crippen LogP contribution < -0.4 is 9.47 Å². The Morgan fingerprint density at radius 3 is 1.26 bits per heavy atom. The molecule has 0 aliphatic heterocycles. The number of rotatable bonds is 16. The lowest BCUT2D eigenvalue weighted by Gasteiger charge is -2.41. The standard InChI is InChI=1S/C34H44O6Si.C32H40O7Si/c1-10-11-24-20(2)16-25-26(18-35)30-27(39-19-22-12-14-23(38-7)15-13-22)17-28(40-41(8,9)34(4,5)6)32(36)31(30)33(37)29(25)21(24)3;1-18-13-22-24(16-34)28-25(38-17-20-9-11-21(37-6)12-10-20)14-26(39-40(7,8)32(3,4)5)30(35)29(28)31(36)27(22)19(2)23(18)15-33/h10-16,27-28,35,37H,17-19H2,1-9H3;9-13,15,25-26,34,36H,14,16-17H2,1-8H3/b11-10+;/t27-,28-;25-,26-/m00/s1. The van der Waals surface area contributed by atoms with Crippen LogP contribution in [0.4, 0.5) is 0 Å². The van der Waals surface area contributed by atoms with Crippen molar-refractivity contribution < 1.29 is 62.6 Å². The molecule has 0 saturated carbocycles. The lowest BCUT2D eigenvalue weighted by Crippen LogP contribution is -2.48. The van der Waals surface area contributed by atoms with E-state index in [9.17, 15) is 34.8 Å². The first kappa shape index (κ1) is 62.6. The smallest absolute Gasteiger partial charge is 0.194 e. The molecule has 0 amide bonds. The molecule has 0 aromatic heterocycles. The first-order valence-electron chi connectivity index (χ1n) is 27.9. The Balaban J connectivity index is 0.000000234. The summed E-state index contributed by atoms with van der Waals surface area (Å²) in [6.45, 7) is 30.6. The second kappa shape index (κ2) is 24.4. The van der Waals surface area contributed by atoms with E-state index < -0.39 is 41.1 Å². The molecule has 2 aliphatic carbocycles. The predicted molar refractivity (Wildman–Crippen MR) is 325 cm³/mol. The molecule has 2 aliphatic rings. The Kier molecular flexibility index (Phi) is 18.9. The van der Waals surface area contributed by atoms with Gasteiger partial charge in [0, 0.05) is 40.3 Å². The normalized spacial score (nSPS) is 17.8. The van der Waals surface area contributed by atoms with Crippen LogP contribution in [0.1, 0.15) is 166 Å². The fraction of sp³-hybridized carbons (Fsp3) is 0.439. The summed E-state index contributed by atoms with van der Waals surface area (Å²) < 4.78 is 36.8. The van der Waals surface area contributed by atoms with Gasteiger partial charge in [-0.3, -0.25) is 14.4 Å². The van der Waals surface area contributed by atoms with Gasteiger partial charge in [-0.15, -0.1) is 0 Å². The van der Waals surface area contributed by atoms with Crippen molar-refractivity contribution in [2.45, 2.75) is 176 Å². The van der Waals surface area contributed by atoms with Crippen LogP contribution in [0.2, 0.25) is 36.3 Å². The van der Waals surface area contributed by atoms with Crippen LogP contribution in [0.5, 0.6) is 23.0 Å². The van der Waals surface area contributed by atoms with E-state index in [1.54, 1.807) is 27.2 Å². The second-order valence-electron chi connectivity index (χ2n) is 24.7. The second-order valence-corrected chi connectivity index (χ2v) is 34.2. The number of aromatic hydroxyl groups is 2. The molecule has 15 heteroatoms. The van der Waals surface area contributed by atoms with Crippen LogP contribution in [0, 0.1) is 27.7 Å². The molecular weight excluding hydrogens is 1060 g/mol. The summed E-state index contributed by atoms with van der Waals surface area (Å²) in [5.41, 5.74) is 8.98. The third kappa shape index (κ3) is 12.2. The highest BCUT2D eigenvalue weighted by Gasteiger charge is 2.48. The zero-order valence-corrected chi connectivity index (χ0v) is 52.5. The lowest BCUT2D eigenvalue weighted by molar-refractivity contribution is -0.000334. The number of hydrogen-bond acceptors (Lipinski definition) is 13. The van der Waals surface area contributed by atoms with Crippen molar-refractivity contribution in [1.82, 2.24) is 0 Å². The summed E-state index contributed by atoms with van der Waals surface area (Å²) >= 11 is 0. The number of ketones is 2. The fourth-order valence-electron chi connectivity index (χ4n) is 10.9. The van der Waals surface area contributed by atoms with Gasteiger partial charge in [0.2, 0.25) is 0 Å². The topological polar surface area (TPSA) is 188 Å². The van der Waals surface area contributed by atoms with Crippen LogP contribution in [-0.2, 0) is 44.8 Å². The van der Waals surface area contributed by atoms with Crippen LogP contribution >= 0.6 is 0 Å². The van der Waals surface area contributed by atoms with Crippen LogP contribution in [0.25, 0.3) is 27.6 Å². The maximum absolute atomic E-state index is 14.2. The zero-order valence-electron chi connectivity index (χ0n) is 50.5. The Labute approximate surface area is 480 Å². The van der Waals surface area contributed by atoms with Crippen molar-refractivity contribution in [3.8, 4) is 23.0 Å². The number of aldehydes is 1. The quantitative estimate of drug-likeness (QED) is 0.0530. The number of phenolic OH excluding ortho intramolecular Hbond substituents is 2. The molecule has 0 spiro atoms. The van der Waals surface area contributed by atoms with E-state index in [4.69, 9.17) is 27.8 Å². The van der Waals surface area contributed by atoms with Gasteiger partial charge in [-0.25, -0.2) is 0 Å². The molecule has 8 rings (SSSR count). The maximum Gasteiger partial charge on any atom is 0.194 e. The molecule has 0 saturated heterocycles. The molecule has 0 bridgehead atoms. The van der Waals surface area contributed by atoms with E-state index >= 15 is 0 Å². The van der Waals surface area contributed by atoms with Gasteiger partial charge in [0.1, 0.15) is 35.2 Å². The Bertz CT molecular complexity index is 3380. The van der Waals surface area contributed by atoms with Gasteiger partial charge in [0.05, 0.1) is 64.0 Å². The third-order valence-electron chi connectivity index (χ3n) is 17.5. The Morgan fingerprint density at radius 2 is 0.938 bits per heavy atom. The number of methoxy groups -OCH3 is 2. The van der Waals surface area contributed by atoms with Gasteiger partial charge in [0.25, 0.3) is 0 Å². The number of aryl methyl sites for hydroxylation is 4. The predicted octanol–water partition coefficient (Wildman–Crippen LogP) is 14.6. The molecule has 0 heterocycles. The molecule has 0 fully saturated rings. The van der Waals surface area contributed by atoms with Crippen LogP contribution in [-0.4, -0.2) is 81.3 Å². The molecule has 0 unspecified atom stereocenters. The van der Waals surface area contributed by atoms with E-state index in [0.717, 1.165) is 56.6 Å². The summed E-state index contributed by atoms with van der Waals surface area (Å²) in [6.07, 6.45) is 2.53. The molecule has 4 atom stereocenters. The average Bonchev–Trinajstić information content (AvgIpc) is 3.44. The van der Waals surface area contributed by atoms with Crippen molar-refractivity contribution in [3.63, 3.8) is 0 Å². The molecule has 4 N–H and O–H groups in total. The highest BCUT2D eigenvalue weighted by molar-refractivity contribution is 6.74. The van der Waals surface area contributed by atoms with Gasteiger partial charge in [0.15, 0.2) is 34.5 Å². The van der Waals surface area contributed by atoms with E-state index in [1.807, 2.05) is 94.4 Å². The van der Waals surface area contributed by atoms with E-state index in [1.165, 1.54) is 0 Å². The highest BCUT2D eigenvalue weighted by Crippen LogP contribution is 2.51. The largest absolute Gasteiger partial charge is 0.507 e. The number of carbonyl (C=O) groups excluding carboxylic acids is 3. The van der Waals surface area contributed by atoms with E-state index in [2.05, 4.69) is 67.7 Å². The Morgan fingerprint density at radius 1 is 0.580 bits per heavy atom. The Hall–Kier alpha value is -6.02. The van der Waals surface area contributed by atoms with E-state index in [-0.39, 0.29) is 77.1 Å². The number of carbonyl (C=O) groups is 3. The molecular formula is C66H84O13Si2. The highest BCUT2D eigenvalue weighted by atomic mass is 28.4. The maximum atomic E-state index is 14.2. The van der Waals surface area contributed by atoms with E-state index in [0.29, 0.717) is 56.0 Å². The van der Waals surface area contributed by atoms with Crippen molar-refractivity contribution in [2.24, 2.45) is 0 Å². The van der Waals surface area contributed by atoms with Crippen LogP contribution in [0.15, 0.2) is 66.7 Å². The average molecular weight is 1140 g/mol. The summed E-state index contributed by atoms with van der Waals surface area (Å²) in [4.78, 5) is 40.2. The minimum absolute atomic E-state index is 0.0676. The van der Waals surface area contributed by atoms with Gasteiger partial charge >= 0.3 is 0 Å². The van der Waals surface area contributed by atoms with Crippen molar-refractivity contribution in [3.05, 3.63) is 145 Å². The van der Waals surface area contributed by atoms with Crippen LogP contribution in [0.3, 0.4) is 0 Å². The number of aliphatic hydroxyl groups is 2. The molecule has 0 radical (unpaired) electrons. The molecule has 81 heavy (non-hydrogen) atoms. The number of ether oxygens (including phenoxy) is 4. The number of phenols is 2. The SMILES string of the molecule is C/C=C/c1c(C)cc2c(CO)c3c(c(O)c2c1C)C(=O)[C@@H](O[Si](C)(C)C(C)(C)C)C[C@@H]3OCc1ccc(OC)cc1.COc1ccc(CO[C@H]2C[C@H](O[Si](C)(C)C(C)(C)C)C(=O)c3c2c(CO)c2cc(C)c(C=O)c(C)c2c3O)cc1. The van der Waals surface area contributed by atoms with Crippen molar-refractivity contribution >= 4 is 62.1 Å². The van der Waals surface area contributed by atoms with Gasteiger partial charge in [-0.05, 0) is 156 Å². The summed E-state index contributed by atoms with van der Waals surface area (Å²) in [5.74, 6) is 0.643. The third-order valence-corrected chi connectivity index (χ3v) is 26.5. The monoisotopic (exact) mass is 1140 g/mol.